The number of rotatable bonds is 5. The Morgan fingerprint density at radius 1 is 1.17 bits per heavy atom. The van der Waals surface area contributed by atoms with Gasteiger partial charge in [0.15, 0.2) is 0 Å². The molecular weight excluding hydrogens is 224 g/mol. The van der Waals surface area contributed by atoms with E-state index in [0.29, 0.717) is 11.8 Å². The quantitative estimate of drug-likeness (QED) is 0.797. The monoisotopic (exact) mass is 250 g/mol. The van der Waals surface area contributed by atoms with E-state index in [1.165, 1.54) is 38.5 Å². The van der Waals surface area contributed by atoms with E-state index in [1.54, 1.807) is 0 Å². The lowest BCUT2D eigenvalue weighted by atomic mass is 9.46. The number of aliphatic carboxylic acids is 1. The van der Waals surface area contributed by atoms with Gasteiger partial charge in [-0.05, 0) is 80.5 Å². The first-order chi connectivity index (χ1) is 8.57. The predicted octanol–water partition coefficient (Wildman–Crippen LogP) is 4.09. The fourth-order valence-corrected chi connectivity index (χ4v) is 5.65. The second-order valence-corrected chi connectivity index (χ2v) is 7.47. The lowest BCUT2D eigenvalue weighted by Crippen LogP contribution is -2.49. The molecule has 2 heteroatoms. The predicted molar refractivity (Wildman–Crippen MR) is 71.3 cm³/mol. The average molecular weight is 250 g/mol. The standard InChI is InChI=1S/C16H26O2/c1-11(3-2-4-15(17)18)16-8-12-5-13(9-16)7-14(6-12)10-16/h11-14H,2-10H2,1H3,(H,17,18). The summed E-state index contributed by atoms with van der Waals surface area (Å²) >= 11 is 0. The molecule has 0 heterocycles. The normalized spacial score (nSPS) is 43.1. The highest BCUT2D eigenvalue weighted by Crippen LogP contribution is 2.63. The molecule has 1 unspecified atom stereocenters. The molecule has 4 aliphatic rings. The molecule has 1 atom stereocenters. The van der Waals surface area contributed by atoms with Crippen LogP contribution in [0.25, 0.3) is 0 Å². The number of carboxylic acids is 1. The maximum Gasteiger partial charge on any atom is 0.303 e. The van der Waals surface area contributed by atoms with Gasteiger partial charge in [-0.2, -0.15) is 0 Å². The first kappa shape index (κ1) is 12.5. The van der Waals surface area contributed by atoms with Crippen LogP contribution in [0.1, 0.15) is 64.7 Å². The molecule has 102 valence electrons. The Labute approximate surface area is 110 Å². The summed E-state index contributed by atoms with van der Waals surface area (Å²) in [5.41, 5.74) is 0.604. The molecule has 0 spiro atoms. The maximum absolute atomic E-state index is 10.6. The van der Waals surface area contributed by atoms with Crippen molar-refractivity contribution in [3.8, 4) is 0 Å². The van der Waals surface area contributed by atoms with Crippen LogP contribution in [0.5, 0.6) is 0 Å². The van der Waals surface area contributed by atoms with Gasteiger partial charge in [0, 0.05) is 6.42 Å². The molecule has 0 aliphatic heterocycles. The lowest BCUT2D eigenvalue weighted by Gasteiger charge is -2.59. The molecule has 0 aromatic heterocycles. The second-order valence-electron chi connectivity index (χ2n) is 7.47. The van der Waals surface area contributed by atoms with Crippen molar-refractivity contribution in [3.05, 3.63) is 0 Å². The highest BCUT2D eigenvalue weighted by Gasteiger charge is 2.52. The van der Waals surface area contributed by atoms with Crippen LogP contribution in [-0.4, -0.2) is 11.1 Å². The van der Waals surface area contributed by atoms with Gasteiger partial charge in [0.25, 0.3) is 0 Å². The van der Waals surface area contributed by atoms with Crippen LogP contribution in [0, 0.1) is 29.1 Å². The van der Waals surface area contributed by atoms with Crippen molar-refractivity contribution in [1.82, 2.24) is 0 Å². The fraction of sp³-hybridized carbons (Fsp3) is 0.938. The largest absolute Gasteiger partial charge is 0.481 e. The SMILES string of the molecule is CC(CCCC(=O)O)C12CC3CC(CC(C3)C1)C2. The molecule has 0 saturated heterocycles. The van der Waals surface area contributed by atoms with E-state index in [4.69, 9.17) is 5.11 Å². The maximum atomic E-state index is 10.6. The third-order valence-electron chi connectivity index (χ3n) is 6.16. The molecule has 18 heavy (non-hydrogen) atoms. The van der Waals surface area contributed by atoms with E-state index in [9.17, 15) is 4.79 Å². The summed E-state index contributed by atoms with van der Waals surface area (Å²) in [6.45, 7) is 2.40. The third-order valence-corrected chi connectivity index (χ3v) is 6.16. The number of hydrogen-bond acceptors (Lipinski definition) is 1. The Morgan fingerprint density at radius 2 is 1.67 bits per heavy atom. The highest BCUT2D eigenvalue weighted by molar-refractivity contribution is 5.66. The summed E-state index contributed by atoms with van der Waals surface area (Å²) in [6.07, 6.45) is 11.2. The number of carbonyl (C=O) groups is 1. The van der Waals surface area contributed by atoms with Crippen LogP contribution in [0.4, 0.5) is 0 Å². The van der Waals surface area contributed by atoms with E-state index < -0.39 is 5.97 Å². The van der Waals surface area contributed by atoms with Crippen LogP contribution >= 0.6 is 0 Å². The van der Waals surface area contributed by atoms with Gasteiger partial charge in [-0.1, -0.05) is 6.92 Å². The van der Waals surface area contributed by atoms with Crippen molar-refractivity contribution in [1.29, 1.82) is 0 Å². The molecule has 4 aliphatic carbocycles. The van der Waals surface area contributed by atoms with Gasteiger partial charge in [0.1, 0.15) is 0 Å². The van der Waals surface area contributed by atoms with Crippen LogP contribution in [0.3, 0.4) is 0 Å². The number of hydrogen-bond donors (Lipinski definition) is 1. The van der Waals surface area contributed by atoms with Gasteiger partial charge in [-0.3, -0.25) is 4.79 Å². The molecule has 4 rings (SSSR count). The van der Waals surface area contributed by atoms with Gasteiger partial charge in [-0.15, -0.1) is 0 Å². The molecule has 2 nitrogen and oxygen atoms in total. The molecule has 0 radical (unpaired) electrons. The first-order valence-electron chi connectivity index (χ1n) is 7.79. The van der Waals surface area contributed by atoms with E-state index >= 15 is 0 Å². The zero-order chi connectivity index (χ0) is 12.8. The Hall–Kier alpha value is -0.530. The van der Waals surface area contributed by atoms with E-state index in [2.05, 4.69) is 6.92 Å². The molecule has 1 N–H and O–H groups in total. The van der Waals surface area contributed by atoms with Crippen LogP contribution in [0.15, 0.2) is 0 Å². The third kappa shape index (κ3) is 2.19. The van der Waals surface area contributed by atoms with Crippen molar-refractivity contribution in [3.63, 3.8) is 0 Å². The van der Waals surface area contributed by atoms with E-state index in [1.807, 2.05) is 0 Å². The van der Waals surface area contributed by atoms with Gasteiger partial charge >= 0.3 is 5.97 Å². The molecule has 0 amide bonds. The highest BCUT2D eigenvalue weighted by atomic mass is 16.4. The second kappa shape index (κ2) is 4.54. The lowest BCUT2D eigenvalue weighted by molar-refractivity contribution is -0.137. The summed E-state index contributed by atoms with van der Waals surface area (Å²) in [5, 5.41) is 8.76. The minimum absolute atomic E-state index is 0.358. The zero-order valence-electron chi connectivity index (χ0n) is 11.5. The molecule has 4 fully saturated rings. The topological polar surface area (TPSA) is 37.3 Å². The van der Waals surface area contributed by atoms with Crippen LogP contribution in [-0.2, 0) is 4.79 Å². The van der Waals surface area contributed by atoms with E-state index in [-0.39, 0.29) is 0 Å². The van der Waals surface area contributed by atoms with Crippen molar-refractivity contribution in [2.45, 2.75) is 64.7 Å². The Bertz CT molecular complexity index is 299. The van der Waals surface area contributed by atoms with Crippen LogP contribution in [0.2, 0.25) is 0 Å². The van der Waals surface area contributed by atoms with Crippen molar-refractivity contribution >= 4 is 5.97 Å². The number of carboxylic acid groups (broad SMARTS) is 1. The molecule has 0 aromatic rings. The summed E-state index contributed by atoms with van der Waals surface area (Å²) in [4.78, 5) is 10.6. The molecule has 0 aromatic carbocycles. The average Bonchev–Trinajstić information content (AvgIpc) is 2.26. The minimum Gasteiger partial charge on any atom is -0.481 e. The van der Waals surface area contributed by atoms with Gasteiger partial charge in [0.05, 0.1) is 0 Å². The Kier molecular flexibility index (Phi) is 3.15. The van der Waals surface area contributed by atoms with Crippen LogP contribution < -0.4 is 0 Å². The molecular formula is C16H26O2. The molecule has 4 bridgehead atoms. The van der Waals surface area contributed by atoms with Gasteiger partial charge in [0.2, 0.25) is 0 Å². The zero-order valence-corrected chi connectivity index (χ0v) is 11.5. The summed E-state index contributed by atoms with van der Waals surface area (Å²) in [7, 11) is 0. The first-order valence-corrected chi connectivity index (χ1v) is 7.79. The Morgan fingerprint density at radius 3 is 2.11 bits per heavy atom. The minimum atomic E-state index is -0.632. The fourth-order valence-electron chi connectivity index (χ4n) is 5.65. The molecule has 4 saturated carbocycles. The van der Waals surface area contributed by atoms with Crippen molar-refractivity contribution < 1.29 is 9.90 Å². The van der Waals surface area contributed by atoms with E-state index in [0.717, 1.165) is 36.5 Å². The Balaban J connectivity index is 1.62. The van der Waals surface area contributed by atoms with Gasteiger partial charge in [-0.25, -0.2) is 0 Å². The van der Waals surface area contributed by atoms with Gasteiger partial charge < -0.3 is 5.11 Å². The summed E-state index contributed by atoms with van der Waals surface area (Å²) in [5.74, 6) is 3.15. The summed E-state index contributed by atoms with van der Waals surface area (Å²) in [6, 6.07) is 0. The summed E-state index contributed by atoms with van der Waals surface area (Å²) < 4.78 is 0. The van der Waals surface area contributed by atoms with Crippen molar-refractivity contribution in [2.75, 3.05) is 0 Å². The van der Waals surface area contributed by atoms with Crippen molar-refractivity contribution in [2.24, 2.45) is 29.1 Å². The smallest absolute Gasteiger partial charge is 0.303 e.